The van der Waals surface area contributed by atoms with Gasteiger partial charge >= 0.3 is 0 Å². The first-order valence-electron chi connectivity index (χ1n) is 6.53. The number of fused-ring (bicyclic) bond motifs is 1. The maximum absolute atomic E-state index is 5.42. The Balaban J connectivity index is 1.94. The summed E-state index contributed by atoms with van der Waals surface area (Å²) >= 11 is 0. The smallest absolute Gasteiger partial charge is 0.219 e. The molecule has 1 aromatic heterocycles. The third-order valence-corrected chi connectivity index (χ3v) is 3.81. The van der Waals surface area contributed by atoms with Gasteiger partial charge in [0.15, 0.2) is 0 Å². The van der Waals surface area contributed by atoms with Crippen molar-refractivity contribution in [3.8, 4) is 5.88 Å². The maximum atomic E-state index is 5.42. The van der Waals surface area contributed by atoms with Crippen molar-refractivity contribution in [2.45, 2.75) is 38.0 Å². The number of hydrogen-bond acceptors (Lipinski definition) is 4. The number of methoxy groups -OCH3 is 1. The molecule has 1 aliphatic carbocycles. The molecule has 3 rings (SSSR count). The minimum absolute atomic E-state index is 0.510. The third kappa shape index (κ3) is 2.02. The van der Waals surface area contributed by atoms with Crippen LogP contribution >= 0.6 is 0 Å². The topological polar surface area (TPSA) is 47.0 Å². The molecule has 4 nitrogen and oxygen atoms in total. The molecule has 1 aromatic rings. The predicted octanol–water partition coefficient (Wildman–Crippen LogP) is 1.44. The lowest BCUT2D eigenvalue weighted by Crippen LogP contribution is -2.27. The molecule has 0 bridgehead atoms. The van der Waals surface area contributed by atoms with Crippen molar-refractivity contribution in [3.63, 3.8) is 0 Å². The Hall–Kier alpha value is -1.16. The van der Waals surface area contributed by atoms with Gasteiger partial charge in [-0.05, 0) is 45.2 Å². The van der Waals surface area contributed by atoms with E-state index < -0.39 is 0 Å². The molecule has 17 heavy (non-hydrogen) atoms. The van der Waals surface area contributed by atoms with E-state index >= 15 is 0 Å². The van der Waals surface area contributed by atoms with Crippen LogP contribution in [0.3, 0.4) is 0 Å². The number of nitrogens with one attached hydrogen (secondary N) is 1. The third-order valence-electron chi connectivity index (χ3n) is 3.81. The highest BCUT2D eigenvalue weighted by Gasteiger charge is 2.24. The van der Waals surface area contributed by atoms with E-state index in [1.54, 1.807) is 7.11 Å². The fourth-order valence-corrected chi connectivity index (χ4v) is 2.85. The van der Waals surface area contributed by atoms with Gasteiger partial charge in [-0.25, -0.2) is 4.98 Å². The minimum atomic E-state index is 0.510. The predicted molar refractivity (Wildman–Crippen MR) is 65.5 cm³/mol. The standard InChI is InChI=1S/C13H19N3O/c1-17-13-10-3-2-4-11(10)15-12(16-13)9-5-7-14-8-6-9/h9,14H,2-8H2,1H3. The molecule has 1 N–H and O–H groups in total. The molecule has 0 unspecified atom stereocenters. The number of nitrogens with zero attached hydrogens (tertiary/aromatic N) is 2. The monoisotopic (exact) mass is 233 g/mol. The number of rotatable bonds is 2. The first-order valence-corrected chi connectivity index (χ1v) is 6.53. The second-order valence-electron chi connectivity index (χ2n) is 4.89. The van der Waals surface area contributed by atoms with E-state index in [4.69, 9.17) is 9.72 Å². The van der Waals surface area contributed by atoms with E-state index in [1.165, 1.54) is 17.7 Å². The van der Waals surface area contributed by atoms with Crippen LogP contribution in [0.2, 0.25) is 0 Å². The Morgan fingerprint density at radius 1 is 1.18 bits per heavy atom. The van der Waals surface area contributed by atoms with Crippen molar-refractivity contribution < 1.29 is 4.74 Å². The van der Waals surface area contributed by atoms with Crippen molar-refractivity contribution in [1.29, 1.82) is 0 Å². The summed E-state index contributed by atoms with van der Waals surface area (Å²) in [4.78, 5) is 9.39. The van der Waals surface area contributed by atoms with Gasteiger partial charge in [0.05, 0.1) is 12.8 Å². The lowest BCUT2D eigenvalue weighted by atomic mass is 9.97. The van der Waals surface area contributed by atoms with Crippen molar-refractivity contribution in [3.05, 3.63) is 17.1 Å². The van der Waals surface area contributed by atoms with Crippen molar-refractivity contribution >= 4 is 0 Å². The molecule has 1 saturated heterocycles. The largest absolute Gasteiger partial charge is 0.481 e. The first-order chi connectivity index (χ1) is 8.38. The highest BCUT2D eigenvalue weighted by molar-refractivity contribution is 5.35. The highest BCUT2D eigenvalue weighted by atomic mass is 16.5. The molecule has 0 atom stereocenters. The molecule has 92 valence electrons. The summed E-state index contributed by atoms with van der Waals surface area (Å²) in [5.41, 5.74) is 2.47. The van der Waals surface area contributed by atoms with Crippen LogP contribution in [-0.4, -0.2) is 30.2 Å². The Bertz CT molecular complexity index is 413. The van der Waals surface area contributed by atoms with E-state index in [9.17, 15) is 0 Å². The first kappa shape index (κ1) is 11.0. The van der Waals surface area contributed by atoms with Gasteiger partial charge in [0.2, 0.25) is 5.88 Å². The number of piperidine rings is 1. The van der Waals surface area contributed by atoms with E-state index in [1.807, 2.05) is 0 Å². The highest BCUT2D eigenvalue weighted by Crippen LogP contribution is 2.31. The van der Waals surface area contributed by atoms with Gasteiger partial charge in [-0.2, -0.15) is 4.98 Å². The van der Waals surface area contributed by atoms with E-state index in [0.717, 1.165) is 50.5 Å². The van der Waals surface area contributed by atoms with Crippen LogP contribution in [0, 0.1) is 0 Å². The van der Waals surface area contributed by atoms with Crippen molar-refractivity contribution in [2.24, 2.45) is 0 Å². The lowest BCUT2D eigenvalue weighted by molar-refractivity contribution is 0.381. The molecule has 2 aliphatic rings. The Morgan fingerprint density at radius 3 is 2.76 bits per heavy atom. The van der Waals surface area contributed by atoms with Crippen LogP contribution in [0.25, 0.3) is 0 Å². The zero-order valence-corrected chi connectivity index (χ0v) is 10.3. The molecule has 0 amide bonds. The van der Waals surface area contributed by atoms with Crippen LogP contribution in [-0.2, 0) is 12.8 Å². The second-order valence-corrected chi connectivity index (χ2v) is 4.89. The summed E-state index contributed by atoms with van der Waals surface area (Å²) in [6.07, 6.45) is 5.64. The van der Waals surface area contributed by atoms with Gasteiger partial charge in [-0.15, -0.1) is 0 Å². The molecule has 0 radical (unpaired) electrons. The van der Waals surface area contributed by atoms with Crippen LogP contribution in [0.1, 0.15) is 42.3 Å². The molecule has 2 heterocycles. The molecule has 0 spiro atoms. The van der Waals surface area contributed by atoms with Crippen LogP contribution in [0.15, 0.2) is 0 Å². The number of aromatic nitrogens is 2. The summed E-state index contributed by atoms with van der Waals surface area (Å²) in [7, 11) is 1.72. The van der Waals surface area contributed by atoms with Gasteiger partial charge in [0.1, 0.15) is 5.82 Å². The summed E-state index contributed by atoms with van der Waals surface area (Å²) in [5.74, 6) is 2.33. The summed E-state index contributed by atoms with van der Waals surface area (Å²) < 4.78 is 5.42. The SMILES string of the molecule is COc1nc(C2CCNCC2)nc2c1CCC2. The van der Waals surface area contributed by atoms with E-state index in [0.29, 0.717) is 5.92 Å². The minimum Gasteiger partial charge on any atom is -0.481 e. The molecular weight excluding hydrogens is 214 g/mol. The van der Waals surface area contributed by atoms with Gasteiger partial charge in [0, 0.05) is 11.5 Å². The summed E-state index contributed by atoms with van der Waals surface area (Å²) in [6, 6.07) is 0. The summed E-state index contributed by atoms with van der Waals surface area (Å²) in [5, 5.41) is 3.38. The quantitative estimate of drug-likeness (QED) is 0.839. The van der Waals surface area contributed by atoms with Crippen LogP contribution < -0.4 is 10.1 Å². The van der Waals surface area contributed by atoms with Gasteiger partial charge < -0.3 is 10.1 Å². The van der Waals surface area contributed by atoms with Crippen molar-refractivity contribution in [1.82, 2.24) is 15.3 Å². The average Bonchev–Trinajstić information content (AvgIpc) is 2.86. The normalized spacial score (nSPS) is 20.3. The molecule has 0 saturated carbocycles. The van der Waals surface area contributed by atoms with Crippen LogP contribution in [0.5, 0.6) is 5.88 Å². The lowest BCUT2D eigenvalue weighted by Gasteiger charge is -2.22. The second kappa shape index (κ2) is 4.61. The Morgan fingerprint density at radius 2 is 2.00 bits per heavy atom. The van der Waals surface area contributed by atoms with Gasteiger partial charge in [-0.1, -0.05) is 0 Å². The summed E-state index contributed by atoms with van der Waals surface area (Å²) in [6.45, 7) is 2.15. The maximum Gasteiger partial charge on any atom is 0.219 e. The number of hydrogen-bond donors (Lipinski definition) is 1. The Kier molecular flexibility index (Phi) is 2.97. The molecular formula is C13H19N3O. The zero-order valence-electron chi connectivity index (χ0n) is 10.3. The van der Waals surface area contributed by atoms with Crippen LogP contribution in [0.4, 0.5) is 0 Å². The molecule has 4 heteroatoms. The average molecular weight is 233 g/mol. The number of aryl methyl sites for hydroxylation is 1. The van der Waals surface area contributed by atoms with Gasteiger partial charge in [-0.3, -0.25) is 0 Å². The number of ether oxygens (including phenoxy) is 1. The molecule has 1 fully saturated rings. The Labute approximate surface area is 102 Å². The fraction of sp³-hybridized carbons (Fsp3) is 0.692. The molecule has 1 aliphatic heterocycles. The van der Waals surface area contributed by atoms with Gasteiger partial charge in [0.25, 0.3) is 0 Å². The van der Waals surface area contributed by atoms with E-state index in [-0.39, 0.29) is 0 Å². The van der Waals surface area contributed by atoms with Crippen molar-refractivity contribution in [2.75, 3.05) is 20.2 Å². The molecule has 0 aromatic carbocycles. The zero-order chi connectivity index (χ0) is 11.7. The fourth-order valence-electron chi connectivity index (χ4n) is 2.85. The van der Waals surface area contributed by atoms with E-state index in [2.05, 4.69) is 10.3 Å².